The number of aryl methyl sites for hydroxylation is 5. The number of carbonyl (C=O) groups excluding carboxylic acids is 1. The van der Waals surface area contributed by atoms with Crippen LogP contribution in [-0.2, 0) is 4.79 Å². The average molecular weight is 326 g/mol. The van der Waals surface area contributed by atoms with Gasteiger partial charge in [0.05, 0.1) is 0 Å². The number of carbonyl (C=O) groups is 1. The van der Waals surface area contributed by atoms with Crippen molar-refractivity contribution >= 4 is 17.5 Å². The molecule has 2 N–H and O–H groups in total. The number of anilines is 2. The van der Waals surface area contributed by atoms with Gasteiger partial charge in [-0.15, -0.1) is 0 Å². The van der Waals surface area contributed by atoms with Crippen molar-refractivity contribution in [2.24, 2.45) is 0 Å². The molecule has 2 rings (SSSR count). The van der Waals surface area contributed by atoms with Crippen LogP contribution < -0.4 is 10.6 Å². The highest BCUT2D eigenvalue weighted by molar-refractivity contribution is 5.92. The Balaban J connectivity index is 1.82. The Morgan fingerprint density at radius 3 is 2.12 bits per heavy atom. The van der Waals surface area contributed by atoms with Crippen molar-refractivity contribution in [1.82, 2.24) is 9.97 Å². The second-order valence-electron chi connectivity index (χ2n) is 6.33. The Labute approximate surface area is 143 Å². The van der Waals surface area contributed by atoms with E-state index < -0.39 is 0 Å². The maximum atomic E-state index is 12.2. The first-order valence-electron chi connectivity index (χ1n) is 8.29. The highest BCUT2D eigenvalue weighted by Crippen LogP contribution is 2.22. The molecule has 0 atom stereocenters. The zero-order valence-corrected chi connectivity index (χ0v) is 15.2. The molecule has 1 aromatic heterocycles. The monoisotopic (exact) mass is 326 g/mol. The van der Waals surface area contributed by atoms with Gasteiger partial charge in [-0.25, -0.2) is 9.97 Å². The fourth-order valence-corrected chi connectivity index (χ4v) is 2.83. The first-order chi connectivity index (χ1) is 11.3. The van der Waals surface area contributed by atoms with E-state index in [-0.39, 0.29) is 5.91 Å². The summed E-state index contributed by atoms with van der Waals surface area (Å²) in [5.41, 5.74) is 6.21. The number of rotatable bonds is 6. The lowest BCUT2D eigenvalue weighted by molar-refractivity contribution is -0.116. The fourth-order valence-electron chi connectivity index (χ4n) is 2.83. The molecule has 5 heteroatoms. The predicted molar refractivity (Wildman–Crippen MR) is 98.5 cm³/mol. The van der Waals surface area contributed by atoms with Gasteiger partial charge in [-0.1, -0.05) is 17.7 Å². The van der Waals surface area contributed by atoms with E-state index in [1.165, 1.54) is 5.56 Å². The van der Waals surface area contributed by atoms with Crippen molar-refractivity contribution in [2.45, 2.75) is 47.5 Å². The minimum atomic E-state index is 0.0354. The van der Waals surface area contributed by atoms with Gasteiger partial charge in [0.2, 0.25) is 11.9 Å². The van der Waals surface area contributed by atoms with Crippen molar-refractivity contribution < 1.29 is 4.79 Å². The summed E-state index contributed by atoms with van der Waals surface area (Å²) in [6.45, 7) is 10.7. The minimum absolute atomic E-state index is 0.0354. The third-order valence-electron chi connectivity index (χ3n) is 3.79. The van der Waals surface area contributed by atoms with Gasteiger partial charge in [0, 0.05) is 30.0 Å². The average Bonchev–Trinajstić information content (AvgIpc) is 2.46. The number of nitrogens with one attached hydrogen (secondary N) is 2. The van der Waals surface area contributed by atoms with Crippen molar-refractivity contribution in [2.75, 3.05) is 17.2 Å². The lowest BCUT2D eigenvalue weighted by Crippen LogP contribution is -2.15. The Kier molecular flexibility index (Phi) is 5.90. The van der Waals surface area contributed by atoms with Gasteiger partial charge in [-0.3, -0.25) is 4.79 Å². The summed E-state index contributed by atoms with van der Waals surface area (Å²) < 4.78 is 0. The molecule has 0 fully saturated rings. The molecule has 0 radical (unpaired) electrons. The predicted octanol–water partition coefficient (Wildman–Crippen LogP) is 3.85. The molecule has 0 bridgehead atoms. The van der Waals surface area contributed by atoms with Crippen LogP contribution in [-0.4, -0.2) is 22.4 Å². The standard InChI is InChI=1S/C19H26N4O/c1-12-9-13(2)18(14(3)10-12)23-17(24)7-6-8-20-19-21-15(4)11-16(5)22-19/h9-11H,6-8H2,1-5H3,(H,23,24)(H,20,21,22). The molecule has 2 aromatic rings. The molecule has 128 valence electrons. The molecule has 1 amide bonds. The van der Waals surface area contributed by atoms with Crippen LogP contribution in [0.15, 0.2) is 18.2 Å². The Bertz CT molecular complexity index is 697. The molecule has 0 saturated heterocycles. The van der Waals surface area contributed by atoms with E-state index in [1.54, 1.807) is 0 Å². The third kappa shape index (κ3) is 5.05. The molecule has 1 heterocycles. The molecular weight excluding hydrogens is 300 g/mol. The number of hydrogen-bond acceptors (Lipinski definition) is 4. The fraction of sp³-hybridized carbons (Fsp3) is 0.421. The quantitative estimate of drug-likeness (QED) is 0.791. The second kappa shape index (κ2) is 7.90. The van der Waals surface area contributed by atoms with E-state index in [9.17, 15) is 4.79 Å². The van der Waals surface area contributed by atoms with Gasteiger partial charge in [0.25, 0.3) is 0 Å². The summed E-state index contributed by atoms with van der Waals surface area (Å²) >= 11 is 0. The summed E-state index contributed by atoms with van der Waals surface area (Å²) in [5.74, 6) is 0.659. The second-order valence-corrected chi connectivity index (χ2v) is 6.33. The van der Waals surface area contributed by atoms with Gasteiger partial charge in [-0.05, 0) is 58.2 Å². The van der Waals surface area contributed by atoms with Crippen molar-refractivity contribution in [3.63, 3.8) is 0 Å². The van der Waals surface area contributed by atoms with Gasteiger partial charge in [0.1, 0.15) is 0 Å². The summed E-state index contributed by atoms with van der Waals surface area (Å²) in [7, 11) is 0. The third-order valence-corrected chi connectivity index (χ3v) is 3.79. The zero-order chi connectivity index (χ0) is 17.7. The van der Waals surface area contributed by atoms with Crippen LogP contribution in [0.25, 0.3) is 0 Å². The summed E-state index contributed by atoms with van der Waals surface area (Å²) in [6, 6.07) is 6.11. The molecule has 0 spiro atoms. The summed E-state index contributed by atoms with van der Waals surface area (Å²) in [6.07, 6.45) is 1.19. The highest BCUT2D eigenvalue weighted by atomic mass is 16.1. The van der Waals surface area contributed by atoms with Crippen molar-refractivity contribution in [3.05, 3.63) is 46.3 Å². The number of amides is 1. The van der Waals surface area contributed by atoms with E-state index in [0.717, 1.165) is 34.6 Å². The Morgan fingerprint density at radius 2 is 1.54 bits per heavy atom. The summed E-state index contributed by atoms with van der Waals surface area (Å²) in [4.78, 5) is 20.8. The molecule has 5 nitrogen and oxygen atoms in total. The van der Waals surface area contributed by atoms with Crippen LogP contribution in [0.1, 0.15) is 40.9 Å². The topological polar surface area (TPSA) is 66.9 Å². The zero-order valence-electron chi connectivity index (χ0n) is 15.2. The van der Waals surface area contributed by atoms with Gasteiger partial charge in [0.15, 0.2) is 0 Å². The molecule has 0 aliphatic heterocycles. The molecular formula is C19H26N4O. The van der Waals surface area contributed by atoms with E-state index in [0.29, 0.717) is 18.9 Å². The SMILES string of the molecule is Cc1cc(C)c(NC(=O)CCCNc2nc(C)cc(C)n2)c(C)c1. The number of benzene rings is 1. The van der Waals surface area contributed by atoms with E-state index in [4.69, 9.17) is 0 Å². The van der Waals surface area contributed by atoms with E-state index in [2.05, 4.69) is 39.7 Å². The first kappa shape index (κ1) is 17.9. The Hall–Kier alpha value is -2.43. The van der Waals surface area contributed by atoms with Crippen LogP contribution in [0.2, 0.25) is 0 Å². The first-order valence-corrected chi connectivity index (χ1v) is 8.29. The van der Waals surface area contributed by atoms with Gasteiger partial charge < -0.3 is 10.6 Å². The normalized spacial score (nSPS) is 10.5. The van der Waals surface area contributed by atoms with Crippen LogP contribution in [0.4, 0.5) is 11.6 Å². The van der Waals surface area contributed by atoms with Gasteiger partial charge in [-0.2, -0.15) is 0 Å². The largest absolute Gasteiger partial charge is 0.354 e. The maximum absolute atomic E-state index is 12.2. The lowest BCUT2D eigenvalue weighted by Gasteiger charge is -2.13. The highest BCUT2D eigenvalue weighted by Gasteiger charge is 2.08. The molecule has 24 heavy (non-hydrogen) atoms. The number of hydrogen-bond donors (Lipinski definition) is 2. The smallest absolute Gasteiger partial charge is 0.224 e. The number of nitrogens with zero attached hydrogens (tertiary/aromatic N) is 2. The van der Waals surface area contributed by atoms with Crippen LogP contribution in [0.5, 0.6) is 0 Å². The van der Waals surface area contributed by atoms with Gasteiger partial charge >= 0.3 is 0 Å². The van der Waals surface area contributed by atoms with Crippen molar-refractivity contribution in [1.29, 1.82) is 0 Å². The molecule has 1 aromatic carbocycles. The van der Waals surface area contributed by atoms with Crippen LogP contribution in [0, 0.1) is 34.6 Å². The molecule has 0 unspecified atom stereocenters. The molecule has 0 aliphatic rings. The maximum Gasteiger partial charge on any atom is 0.224 e. The minimum Gasteiger partial charge on any atom is -0.354 e. The van der Waals surface area contributed by atoms with Crippen molar-refractivity contribution in [3.8, 4) is 0 Å². The Morgan fingerprint density at radius 1 is 0.958 bits per heavy atom. The van der Waals surface area contributed by atoms with Crippen LogP contribution in [0.3, 0.4) is 0 Å². The van der Waals surface area contributed by atoms with E-state index >= 15 is 0 Å². The number of aromatic nitrogens is 2. The van der Waals surface area contributed by atoms with E-state index in [1.807, 2.05) is 33.8 Å². The molecule has 0 saturated carbocycles. The lowest BCUT2D eigenvalue weighted by atomic mass is 10.0. The molecule has 0 aliphatic carbocycles. The van der Waals surface area contributed by atoms with Crippen LogP contribution >= 0.6 is 0 Å². The summed E-state index contributed by atoms with van der Waals surface area (Å²) in [5, 5.41) is 6.20.